The molecule has 0 aromatic rings. The highest BCUT2D eigenvalue weighted by Gasteiger charge is 2.62. The van der Waals surface area contributed by atoms with E-state index in [0.717, 1.165) is 18.8 Å². The van der Waals surface area contributed by atoms with Gasteiger partial charge in [0.25, 0.3) is 0 Å². The smallest absolute Gasteiger partial charge is 0.0836 e. The van der Waals surface area contributed by atoms with Crippen LogP contribution in [0.2, 0.25) is 0 Å². The molecule has 4 aliphatic rings. The Labute approximate surface area is 173 Å². The van der Waals surface area contributed by atoms with Crippen LogP contribution in [-0.4, -0.2) is 21.4 Å². The standard InChI is InChI=1S/C26H44O2/c1-23(2,27)14-8-10-18-11-12-20-22-21(13-16-25(18,20)4)24(3)15-7-6-9-19(24)17-26(22,5)28/h17-18,20-22,27-28H,6-16H2,1-5H3/t18-,20?,21?,22?,24?,25+,26?/m0/s1. The number of allylic oxidation sites excluding steroid dienone is 1. The van der Waals surface area contributed by atoms with Crippen molar-refractivity contribution >= 4 is 0 Å². The van der Waals surface area contributed by atoms with E-state index >= 15 is 0 Å². The number of aliphatic hydroxyl groups is 2. The van der Waals surface area contributed by atoms with E-state index in [2.05, 4.69) is 26.8 Å². The van der Waals surface area contributed by atoms with Gasteiger partial charge in [-0.05, 0) is 113 Å². The Morgan fingerprint density at radius 3 is 2.50 bits per heavy atom. The summed E-state index contributed by atoms with van der Waals surface area (Å²) in [7, 11) is 0. The van der Waals surface area contributed by atoms with Crippen molar-refractivity contribution in [2.24, 2.45) is 34.5 Å². The molecule has 0 aromatic carbocycles. The molecule has 0 spiro atoms. The summed E-state index contributed by atoms with van der Waals surface area (Å²) in [6.07, 6.45) is 16.0. The molecule has 7 atom stereocenters. The van der Waals surface area contributed by atoms with Crippen molar-refractivity contribution in [1.82, 2.24) is 0 Å². The maximum atomic E-state index is 11.6. The first-order valence-electron chi connectivity index (χ1n) is 12.1. The normalized spacial score (nSPS) is 48.5. The van der Waals surface area contributed by atoms with Gasteiger partial charge >= 0.3 is 0 Å². The lowest BCUT2D eigenvalue weighted by atomic mass is 9.44. The van der Waals surface area contributed by atoms with Gasteiger partial charge in [0.1, 0.15) is 0 Å². The Morgan fingerprint density at radius 2 is 1.79 bits per heavy atom. The minimum absolute atomic E-state index is 0.339. The minimum atomic E-state index is -0.634. The zero-order chi connectivity index (χ0) is 20.4. The van der Waals surface area contributed by atoms with Crippen molar-refractivity contribution in [3.05, 3.63) is 11.6 Å². The minimum Gasteiger partial charge on any atom is -0.390 e. The van der Waals surface area contributed by atoms with Crippen molar-refractivity contribution in [2.45, 2.75) is 116 Å². The van der Waals surface area contributed by atoms with Gasteiger partial charge < -0.3 is 10.2 Å². The fourth-order valence-corrected chi connectivity index (χ4v) is 8.40. The number of hydrogen-bond donors (Lipinski definition) is 2. The third kappa shape index (κ3) is 3.31. The topological polar surface area (TPSA) is 40.5 Å². The van der Waals surface area contributed by atoms with E-state index < -0.39 is 11.2 Å². The predicted molar refractivity (Wildman–Crippen MR) is 116 cm³/mol. The van der Waals surface area contributed by atoms with E-state index in [1.165, 1.54) is 57.8 Å². The van der Waals surface area contributed by atoms with Crippen LogP contribution in [0.25, 0.3) is 0 Å². The van der Waals surface area contributed by atoms with E-state index in [0.29, 0.717) is 28.6 Å². The highest BCUT2D eigenvalue weighted by atomic mass is 16.3. The molecule has 0 bridgehead atoms. The van der Waals surface area contributed by atoms with Crippen molar-refractivity contribution in [3.8, 4) is 0 Å². The molecule has 160 valence electrons. The van der Waals surface area contributed by atoms with Crippen LogP contribution in [-0.2, 0) is 0 Å². The molecule has 0 amide bonds. The van der Waals surface area contributed by atoms with Crippen LogP contribution < -0.4 is 0 Å². The molecule has 0 heterocycles. The van der Waals surface area contributed by atoms with Gasteiger partial charge in [-0.15, -0.1) is 0 Å². The fraction of sp³-hybridized carbons (Fsp3) is 0.923. The molecule has 4 rings (SSSR count). The third-order valence-corrected chi connectivity index (χ3v) is 9.89. The molecule has 3 fully saturated rings. The van der Waals surface area contributed by atoms with E-state index in [4.69, 9.17) is 0 Å². The van der Waals surface area contributed by atoms with Gasteiger partial charge in [-0.25, -0.2) is 0 Å². The summed E-state index contributed by atoms with van der Waals surface area (Å²) in [5.41, 5.74) is 1.12. The van der Waals surface area contributed by atoms with Gasteiger partial charge in [0.05, 0.1) is 11.2 Å². The molecule has 2 nitrogen and oxygen atoms in total. The Bertz CT molecular complexity index is 627. The van der Waals surface area contributed by atoms with Gasteiger partial charge in [0, 0.05) is 0 Å². The maximum absolute atomic E-state index is 11.6. The summed E-state index contributed by atoms with van der Waals surface area (Å²) in [4.78, 5) is 0. The molecule has 0 aromatic heterocycles. The van der Waals surface area contributed by atoms with Gasteiger partial charge in [-0.3, -0.25) is 0 Å². The van der Waals surface area contributed by atoms with E-state index in [1.807, 2.05) is 13.8 Å². The van der Waals surface area contributed by atoms with Crippen LogP contribution in [0.1, 0.15) is 105 Å². The average Bonchev–Trinajstić information content (AvgIpc) is 2.91. The third-order valence-electron chi connectivity index (χ3n) is 9.89. The molecular weight excluding hydrogens is 344 g/mol. The van der Waals surface area contributed by atoms with Crippen LogP contribution in [0.5, 0.6) is 0 Å². The summed E-state index contributed by atoms with van der Waals surface area (Å²) in [5.74, 6) is 2.51. The lowest BCUT2D eigenvalue weighted by molar-refractivity contribution is -0.127. The second-order valence-corrected chi connectivity index (χ2v) is 12.3. The number of fused-ring (bicyclic) bond motifs is 5. The first-order chi connectivity index (χ1) is 13.0. The molecule has 28 heavy (non-hydrogen) atoms. The zero-order valence-corrected chi connectivity index (χ0v) is 19.1. The molecule has 5 unspecified atom stereocenters. The molecule has 0 saturated heterocycles. The summed E-state index contributed by atoms with van der Waals surface area (Å²) in [5, 5.41) is 21.8. The number of rotatable bonds is 4. The van der Waals surface area contributed by atoms with E-state index in [-0.39, 0.29) is 0 Å². The van der Waals surface area contributed by atoms with Crippen molar-refractivity contribution in [1.29, 1.82) is 0 Å². The van der Waals surface area contributed by atoms with Crippen molar-refractivity contribution < 1.29 is 10.2 Å². The highest BCUT2D eigenvalue weighted by molar-refractivity contribution is 5.30. The lowest BCUT2D eigenvalue weighted by Crippen LogP contribution is -2.58. The van der Waals surface area contributed by atoms with E-state index in [9.17, 15) is 10.2 Å². The van der Waals surface area contributed by atoms with Crippen LogP contribution in [0, 0.1) is 34.5 Å². The Morgan fingerprint density at radius 1 is 1.04 bits per heavy atom. The quantitative estimate of drug-likeness (QED) is 0.558. The maximum Gasteiger partial charge on any atom is 0.0836 e. The predicted octanol–water partition coefficient (Wildman–Crippen LogP) is 6.26. The second kappa shape index (κ2) is 6.84. The van der Waals surface area contributed by atoms with Crippen LogP contribution >= 0.6 is 0 Å². The first-order valence-corrected chi connectivity index (χ1v) is 12.1. The van der Waals surface area contributed by atoms with Gasteiger partial charge in [-0.1, -0.05) is 38.3 Å². The van der Waals surface area contributed by atoms with Gasteiger partial charge in [-0.2, -0.15) is 0 Å². The monoisotopic (exact) mass is 388 g/mol. The van der Waals surface area contributed by atoms with Gasteiger partial charge in [0.2, 0.25) is 0 Å². The summed E-state index contributed by atoms with van der Waals surface area (Å²) in [6, 6.07) is 0. The largest absolute Gasteiger partial charge is 0.390 e. The highest BCUT2D eigenvalue weighted by Crippen LogP contribution is 2.68. The summed E-state index contributed by atoms with van der Waals surface area (Å²) >= 11 is 0. The molecule has 0 radical (unpaired) electrons. The first kappa shape index (κ1) is 20.9. The second-order valence-electron chi connectivity index (χ2n) is 12.3. The Balaban J connectivity index is 1.58. The molecule has 2 heteroatoms. The van der Waals surface area contributed by atoms with Crippen LogP contribution in [0.15, 0.2) is 11.6 Å². The average molecular weight is 389 g/mol. The molecule has 3 saturated carbocycles. The number of hydrogen-bond acceptors (Lipinski definition) is 2. The van der Waals surface area contributed by atoms with Crippen LogP contribution in [0.4, 0.5) is 0 Å². The molecular formula is C26H44O2. The van der Waals surface area contributed by atoms with Crippen molar-refractivity contribution in [2.75, 3.05) is 0 Å². The SMILES string of the molecule is CC(C)(O)CCC[C@H]1CCC2C3C(CC[C@@]21C)C1(C)CCCCC1=CC3(C)O. The summed E-state index contributed by atoms with van der Waals surface area (Å²) in [6.45, 7) is 11.1. The van der Waals surface area contributed by atoms with Gasteiger partial charge in [0.15, 0.2) is 0 Å². The lowest BCUT2D eigenvalue weighted by Gasteiger charge is -2.61. The fourth-order valence-electron chi connectivity index (χ4n) is 8.40. The Kier molecular flexibility index (Phi) is 5.11. The molecule has 0 aliphatic heterocycles. The molecule has 2 N–H and O–H groups in total. The summed E-state index contributed by atoms with van der Waals surface area (Å²) < 4.78 is 0. The zero-order valence-electron chi connectivity index (χ0n) is 19.1. The molecule has 4 aliphatic carbocycles. The van der Waals surface area contributed by atoms with Crippen molar-refractivity contribution in [3.63, 3.8) is 0 Å². The van der Waals surface area contributed by atoms with Crippen LogP contribution in [0.3, 0.4) is 0 Å². The van der Waals surface area contributed by atoms with E-state index in [1.54, 1.807) is 5.57 Å². The Hall–Kier alpha value is -0.340.